The maximum Gasteiger partial charge on any atom is 2.00 e. The minimum atomic E-state index is 0. The monoisotopic (exact) mass is 93.0 g/mol. The fraction of sp³-hybridized carbons (Fsp3) is 0.500. The Kier molecular flexibility index (Phi) is 325. The van der Waals surface area contributed by atoms with Crippen molar-refractivity contribution in [2.24, 2.45) is 0 Å². The minimum absolute atomic E-state index is 0. The number of nitrogens with two attached hydrogens (primary N) is 1. The van der Waals surface area contributed by atoms with Gasteiger partial charge in [-0.2, -0.15) is 6.92 Å². The predicted octanol–water partition coefficient (Wildman–Crippen LogP) is 1.55. The summed E-state index contributed by atoms with van der Waals surface area (Å²) in [6.45, 7) is 5.00. The van der Waals surface area contributed by atoms with Gasteiger partial charge in [0.2, 0.25) is 0 Å². The summed E-state index contributed by atoms with van der Waals surface area (Å²) >= 11 is 0. The smallest absolute Gasteiger partial charge is 0.693 e. The Morgan fingerprint density at radius 1 is 1.25 bits per heavy atom. The molecule has 0 amide bonds. The van der Waals surface area contributed by atoms with E-state index in [-0.39, 0.29) is 27.9 Å². The van der Waals surface area contributed by atoms with Crippen molar-refractivity contribution < 1.29 is 21.7 Å². The summed E-state index contributed by atoms with van der Waals surface area (Å²) in [5.41, 5.74) is 0. The molecule has 0 aromatic heterocycles. The Hall–Kier alpha value is 0.674. The fourth-order valence-corrected chi connectivity index (χ4v) is 0. The maximum atomic E-state index is 3.25. The van der Waals surface area contributed by atoms with Crippen molar-refractivity contribution in [2.45, 2.75) is 6.92 Å². The first kappa shape index (κ1) is 22.5. The second kappa shape index (κ2) is 57.8. The first-order valence-corrected chi connectivity index (χ1v) is 0.707. The van der Waals surface area contributed by atoms with Crippen molar-refractivity contribution >= 4 is 0 Å². The average molecular weight is 93.0 g/mol. The molecule has 0 saturated carbocycles. The normalized spacial score (nSPS) is 1.50. The van der Waals surface area contributed by atoms with E-state index >= 15 is 0 Å². The standard InChI is InChI=1S/C2H5.H2N.Ti/c1-2;;/h1H2,2H3;1H2;/q2*-1;+2. The number of rotatable bonds is 0. The van der Waals surface area contributed by atoms with Gasteiger partial charge in [0, 0.05) is 0 Å². The molecule has 0 aromatic rings. The van der Waals surface area contributed by atoms with Crippen molar-refractivity contribution in [1.29, 1.82) is 0 Å². The first-order valence-electron chi connectivity index (χ1n) is 0.707. The molecule has 0 fully saturated rings. The summed E-state index contributed by atoms with van der Waals surface area (Å²) in [7, 11) is 0. The van der Waals surface area contributed by atoms with Gasteiger partial charge in [0.15, 0.2) is 0 Å². The third-order valence-electron chi connectivity index (χ3n) is 0. The van der Waals surface area contributed by atoms with E-state index in [1.54, 1.807) is 6.92 Å². The number of hydrogen-bond donors (Lipinski definition) is 0. The second-order valence-electron chi connectivity index (χ2n) is 0. The van der Waals surface area contributed by atoms with E-state index in [1.165, 1.54) is 0 Å². The van der Waals surface area contributed by atoms with E-state index in [0.29, 0.717) is 0 Å². The van der Waals surface area contributed by atoms with Crippen LogP contribution in [-0.4, -0.2) is 0 Å². The van der Waals surface area contributed by atoms with Crippen LogP contribution in [0.15, 0.2) is 0 Å². The molecule has 24 valence electrons. The van der Waals surface area contributed by atoms with Crippen LogP contribution in [0.3, 0.4) is 0 Å². The van der Waals surface area contributed by atoms with E-state index in [9.17, 15) is 0 Å². The zero-order valence-electron chi connectivity index (χ0n) is 2.78. The molecule has 0 saturated heterocycles. The summed E-state index contributed by atoms with van der Waals surface area (Å²) in [6.07, 6.45) is 0. The Bertz CT molecular complexity index is 6.00. The summed E-state index contributed by atoms with van der Waals surface area (Å²) in [5, 5.41) is 0. The summed E-state index contributed by atoms with van der Waals surface area (Å²) < 4.78 is 0. The van der Waals surface area contributed by atoms with Crippen LogP contribution in [0, 0.1) is 6.92 Å². The molecule has 2 N–H and O–H groups in total. The van der Waals surface area contributed by atoms with Crippen LogP contribution >= 0.6 is 0 Å². The van der Waals surface area contributed by atoms with Gasteiger partial charge >= 0.3 is 21.7 Å². The van der Waals surface area contributed by atoms with E-state index in [2.05, 4.69) is 6.92 Å². The third-order valence-corrected chi connectivity index (χ3v) is 0. The average Bonchev–Trinajstić information content (AvgIpc) is 1.00. The molecule has 0 rings (SSSR count). The summed E-state index contributed by atoms with van der Waals surface area (Å²) in [5.74, 6) is 0. The van der Waals surface area contributed by atoms with Crippen LogP contribution in [0.2, 0.25) is 0 Å². The van der Waals surface area contributed by atoms with Crippen LogP contribution in [-0.2, 0) is 21.7 Å². The van der Waals surface area contributed by atoms with Crippen LogP contribution in [0.1, 0.15) is 6.92 Å². The molecule has 0 unspecified atom stereocenters. The molecule has 0 heterocycles. The van der Waals surface area contributed by atoms with Crippen molar-refractivity contribution in [3.63, 3.8) is 0 Å². The van der Waals surface area contributed by atoms with Crippen LogP contribution in [0.4, 0.5) is 0 Å². The van der Waals surface area contributed by atoms with Crippen LogP contribution in [0.25, 0.3) is 6.15 Å². The van der Waals surface area contributed by atoms with E-state index in [0.717, 1.165) is 0 Å². The molecule has 0 bridgehead atoms. The SMILES string of the molecule is [CH2-]C.[NH2-].[Ti+2]. The van der Waals surface area contributed by atoms with Gasteiger partial charge < -0.3 is 13.1 Å². The minimum Gasteiger partial charge on any atom is -0.693 e. The molecule has 0 aliphatic rings. The van der Waals surface area contributed by atoms with Gasteiger partial charge in [-0.15, -0.1) is 0 Å². The summed E-state index contributed by atoms with van der Waals surface area (Å²) in [6, 6.07) is 0. The third kappa shape index (κ3) is 16.5. The van der Waals surface area contributed by atoms with E-state index in [4.69, 9.17) is 0 Å². The van der Waals surface area contributed by atoms with Gasteiger partial charge in [0.1, 0.15) is 0 Å². The van der Waals surface area contributed by atoms with Gasteiger partial charge in [0.25, 0.3) is 0 Å². The van der Waals surface area contributed by atoms with Crippen LogP contribution in [0.5, 0.6) is 0 Å². The topological polar surface area (TPSA) is 33.5 Å². The quantitative estimate of drug-likeness (QED) is 0.321. The second-order valence-corrected chi connectivity index (χ2v) is 0. The molecule has 0 aliphatic heterocycles. The fourth-order valence-electron chi connectivity index (χ4n) is 0. The molecule has 0 radical (unpaired) electrons. The van der Waals surface area contributed by atoms with Crippen molar-refractivity contribution in [3.05, 3.63) is 13.1 Å². The Morgan fingerprint density at radius 3 is 1.25 bits per heavy atom. The molecule has 0 spiro atoms. The molecular weight excluding hydrogens is 85.9 g/mol. The Labute approximate surface area is 42.2 Å². The van der Waals surface area contributed by atoms with E-state index < -0.39 is 0 Å². The van der Waals surface area contributed by atoms with Crippen LogP contribution < -0.4 is 0 Å². The zero-order chi connectivity index (χ0) is 2.00. The molecule has 0 aliphatic carbocycles. The molecular formula is C2H7NTi. The molecule has 4 heavy (non-hydrogen) atoms. The van der Waals surface area contributed by atoms with Crippen molar-refractivity contribution in [1.82, 2.24) is 0 Å². The molecule has 0 aromatic carbocycles. The predicted molar refractivity (Wildman–Crippen MR) is 16.3 cm³/mol. The van der Waals surface area contributed by atoms with Gasteiger partial charge in [-0.25, -0.2) is 0 Å². The van der Waals surface area contributed by atoms with Crippen molar-refractivity contribution in [3.8, 4) is 0 Å². The number of hydrogen-bond acceptors (Lipinski definition) is 0. The maximum absolute atomic E-state index is 3.25. The molecule has 1 nitrogen and oxygen atoms in total. The Balaban J connectivity index is -0.00000000500. The largest absolute Gasteiger partial charge is 2.00 e. The van der Waals surface area contributed by atoms with E-state index in [1.807, 2.05) is 0 Å². The first-order chi connectivity index (χ1) is 1.00. The zero-order valence-corrected chi connectivity index (χ0v) is 4.35. The summed E-state index contributed by atoms with van der Waals surface area (Å²) in [4.78, 5) is 0. The van der Waals surface area contributed by atoms with Gasteiger partial charge in [-0.1, -0.05) is 0 Å². The van der Waals surface area contributed by atoms with Gasteiger partial charge in [-0.3, -0.25) is 0 Å². The molecule has 0 atom stereocenters. The van der Waals surface area contributed by atoms with Crippen molar-refractivity contribution in [2.75, 3.05) is 0 Å². The van der Waals surface area contributed by atoms with Gasteiger partial charge in [-0.05, 0) is 0 Å². The molecule has 2 heteroatoms. The Morgan fingerprint density at radius 2 is 1.25 bits per heavy atom. The van der Waals surface area contributed by atoms with Gasteiger partial charge in [0.05, 0.1) is 0 Å².